The molecule has 0 N–H and O–H groups in total. The number of rotatable bonds is 58. The minimum atomic E-state index is -0.762. The largest absolute Gasteiger partial charge is 0.462 e. The van der Waals surface area contributed by atoms with Crippen LogP contribution in [0.4, 0.5) is 0 Å². The minimum Gasteiger partial charge on any atom is -0.462 e. The quantitative estimate of drug-likeness (QED) is 0.0343. The molecule has 1 atom stereocenters. The lowest BCUT2D eigenvalue weighted by Gasteiger charge is -2.18. The third-order valence-electron chi connectivity index (χ3n) is 14.5. The zero-order valence-corrected chi connectivity index (χ0v) is 47.3. The Morgan fingerprint density at radius 3 is 0.710 bits per heavy atom. The summed E-state index contributed by atoms with van der Waals surface area (Å²) >= 11 is 0. The van der Waals surface area contributed by atoms with Crippen LogP contribution in [0.3, 0.4) is 0 Å². The molecule has 0 aliphatic rings. The maximum Gasteiger partial charge on any atom is 0.306 e. The van der Waals surface area contributed by atoms with Crippen molar-refractivity contribution in [3.63, 3.8) is 0 Å². The van der Waals surface area contributed by atoms with Crippen molar-refractivity contribution in [2.45, 2.75) is 368 Å². The first kappa shape index (κ1) is 67.4. The van der Waals surface area contributed by atoms with Gasteiger partial charge < -0.3 is 14.2 Å². The number of ether oxygens (including phenoxy) is 3. The molecular formula is C63H122O6. The van der Waals surface area contributed by atoms with E-state index in [-0.39, 0.29) is 31.1 Å². The summed E-state index contributed by atoms with van der Waals surface area (Å²) in [7, 11) is 0. The lowest BCUT2D eigenvalue weighted by atomic mass is 10.0. The second-order valence-corrected chi connectivity index (χ2v) is 22.2. The predicted octanol–water partition coefficient (Wildman–Crippen LogP) is 21.0. The second kappa shape index (κ2) is 57.3. The number of carbonyl (C=O) groups excluding carboxylic acids is 3. The van der Waals surface area contributed by atoms with Crippen LogP contribution < -0.4 is 0 Å². The molecule has 0 unspecified atom stereocenters. The van der Waals surface area contributed by atoms with Crippen LogP contribution in [0.2, 0.25) is 0 Å². The van der Waals surface area contributed by atoms with Crippen molar-refractivity contribution in [2.75, 3.05) is 13.2 Å². The molecule has 0 saturated carbocycles. The van der Waals surface area contributed by atoms with Gasteiger partial charge in [-0.1, -0.05) is 323 Å². The highest BCUT2D eigenvalue weighted by Gasteiger charge is 2.19. The Labute approximate surface area is 431 Å². The zero-order chi connectivity index (χ0) is 50.2. The monoisotopic (exact) mass is 975 g/mol. The van der Waals surface area contributed by atoms with E-state index in [4.69, 9.17) is 14.2 Å². The van der Waals surface area contributed by atoms with Crippen molar-refractivity contribution in [1.29, 1.82) is 0 Å². The Morgan fingerprint density at radius 1 is 0.275 bits per heavy atom. The number of esters is 3. The number of unbranched alkanes of at least 4 members (excludes halogenated alkanes) is 45. The fraction of sp³-hybridized carbons (Fsp3) is 0.952. The molecule has 0 radical (unpaired) electrons. The molecule has 0 heterocycles. The summed E-state index contributed by atoms with van der Waals surface area (Å²) in [5.41, 5.74) is 0. The molecule has 0 aromatic carbocycles. The Morgan fingerprint density at radius 2 is 0.478 bits per heavy atom. The van der Waals surface area contributed by atoms with E-state index in [0.717, 1.165) is 63.7 Å². The molecule has 0 amide bonds. The molecule has 0 spiro atoms. The van der Waals surface area contributed by atoms with E-state index in [2.05, 4.69) is 27.7 Å². The fourth-order valence-electron chi connectivity index (χ4n) is 9.81. The first-order valence-corrected chi connectivity index (χ1v) is 31.4. The highest BCUT2D eigenvalue weighted by molar-refractivity contribution is 5.71. The first-order valence-electron chi connectivity index (χ1n) is 31.4. The SMILES string of the molecule is CCCCCCCCCCCCCCCCCCCC(=O)O[C@H](COC(=O)CCCCCCCCCCCCCCCCC)COC(=O)CCCCCCCCCCCCCCCCCCC(C)C. The maximum atomic E-state index is 12.9. The summed E-state index contributed by atoms with van der Waals surface area (Å²) in [6.07, 6.45) is 63.8. The van der Waals surface area contributed by atoms with E-state index < -0.39 is 6.10 Å². The van der Waals surface area contributed by atoms with Crippen molar-refractivity contribution < 1.29 is 28.6 Å². The lowest BCUT2D eigenvalue weighted by Crippen LogP contribution is -2.30. The summed E-state index contributed by atoms with van der Waals surface area (Å²) < 4.78 is 16.9. The molecule has 0 aliphatic carbocycles. The van der Waals surface area contributed by atoms with Gasteiger partial charge >= 0.3 is 17.9 Å². The van der Waals surface area contributed by atoms with Gasteiger partial charge in [0.1, 0.15) is 13.2 Å². The molecular weight excluding hydrogens is 853 g/mol. The molecule has 0 fully saturated rings. The number of carbonyl (C=O) groups is 3. The average molecular weight is 976 g/mol. The zero-order valence-electron chi connectivity index (χ0n) is 47.3. The molecule has 0 aromatic rings. The predicted molar refractivity (Wildman–Crippen MR) is 298 cm³/mol. The molecule has 69 heavy (non-hydrogen) atoms. The molecule has 0 aromatic heterocycles. The Bertz CT molecular complexity index is 1040. The topological polar surface area (TPSA) is 78.9 Å². The molecule has 6 heteroatoms. The van der Waals surface area contributed by atoms with Crippen LogP contribution in [0.25, 0.3) is 0 Å². The van der Waals surface area contributed by atoms with Gasteiger partial charge in [0, 0.05) is 19.3 Å². The van der Waals surface area contributed by atoms with Gasteiger partial charge in [-0.05, 0) is 25.2 Å². The molecule has 0 saturated heterocycles. The standard InChI is InChI=1S/C63H122O6/c1-5-7-9-11-13-15-17-19-21-22-28-32-36-40-44-48-52-56-63(66)69-60(57-67-61(64)54-50-46-42-38-34-30-25-20-18-16-14-12-10-8-6-2)58-68-62(65)55-51-47-43-39-35-31-27-24-23-26-29-33-37-41-45-49-53-59(3)4/h59-60H,5-58H2,1-4H3/t60-/m1/s1. The van der Waals surface area contributed by atoms with Crippen molar-refractivity contribution in [3.8, 4) is 0 Å². The van der Waals surface area contributed by atoms with Crippen LogP contribution in [0.15, 0.2) is 0 Å². The third-order valence-corrected chi connectivity index (χ3v) is 14.5. The summed E-state index contributed by atoms with van der Waals surface area (Å²) in [4.78, 5) is 38.3. The third kappa shape index (κ3) is 57.2. The Balaban J connectivity index is 4.28. The van der Waals surface area contributed by atoms with Gasteiger partial charge in [-0.25, -0.2) is 0 Å². The van der Waals surface area contributed by atoms with Crippen LogP contribution in [-0.4, -0.2) is 37.2 Å². The Kier molecular flexibility index (Phi) is 56.0. The van der Waals surface area contributed by atoms with E-state index in [1.54, 1.807) is 0 Å². The van der Waals surface area contributed by atoms with Gasteiger partial charge in [0.15, 0.2) is 6.10 Å². The van der Waals surface area contributed by atoms with E-state index in [9.17, 15) is 14.4 Å². The van der Waals surface area contributed by atoms with Crippen molar-refractivity contribution >= 4 is 17.9 Å². The lowest BCUT2D eigenvalue weighted by molar-refractivity contribution is -0.167. The van der Waals surface area contributed by atoms with Crippen molar-refractivity contribution in [2.24, 2.45) is 5.92 Å². The highest BCUT2D eigenvalue weighted by atomic mass is 16.6. The maximum absolute atomic E-state index is 12.9. The smallest absolute Gasteiger partial charge is 0.306 e. The fourth-order valence-corrected chi connectivity index (χ4v) is 9.81. The summed E-state index contributed by atoms with van der Waals surface area (Å²) in [5.74, 6) is 0.0248. The summed E-state index contributed by atoms with van der Waals surface area (Å²) in [6, 6.07) is 0. The normalized spacial score (nSPS) is 12.0. The Hall–Kier alpha value is -1.59. The molecule has 6 nitrogen and oxygen atoms in total. The van der Waals surface area contributed by atoms with Crippen LogP contribution in [0, 0.1) is 5.92 Å². The number of hydrogen-bond acceptors (Lipinski definition) is 6. The van der Waals surface area contributed by atoms with Crippen LogP contribution in [0.1, 0.15) is 362 Å². The van der Waals surface area contributed by atoms with Gasteiger partial charge in [0.2, 0.25) is 0 Å². The van der Waals surface area contributed by atoms with E-state index in [1.165, 1.54) is 257 Å². The van der Waals surface area contributed by atoms with E-state index >= 15 is 0 Å². The van der Waals surface area contributed by atoms with Crippen molar-refractivity contribution in [1.82, 2.24) is 0 Å². The van der Waals surface area contributed by atoms with Gasteiger partial charge in [-0.3, -0.25) is 14.4 Å². The number of hydrogen-bond donors (Lipinski definition) is 0. The van der Waals surface area contributed by atoms with Gasteiger partial charge in [-0.15, -0.1) is 0 Å². The summed E-state index contributed by atoms with van der Waals surface area (Å²) in [6.45, 7) is 9.09. The van der Waals surface area contributed by atoms with Crippen molar-refractivity contribution in [3.05, 3.63) is 0 Å². The average Bonchev–Trinajstić information content (AvgIpc) is 3.34. The van der Waals surface area contributed by atoms with Gasteiger partial charge in [0.05, 0.1) is 0 Å². The summed E-state index contributed by atoms with van der Waals surface area (Å²) in [5, 5.41) is 0. The first-order chi connectivity index (χ1) is 33.9. The minimum absolute atomic E-state index is 0.0612. The molecule has 0 bridgehead atoms. The van der Waals surface area contributed by atoms with Gasteiger partial charge in [0.25, 0.3) is 0 Å². The van der Waals surface area contributed by atoms with Gasteiger partial charge in [-0.2, -0.15) is 0 Å². The van der Waals surface area contributed by atoms with Crippen LogP contribution in [0.5, 0.6) is 0 Å². The molecule has 0 rings (SSSR count). The highest BCUT2D eigenvalue weighted by Crippen LogP contribution is 2.19. The second-order valence-electron chi connectivity index (χ2n) is 22.2. The molecule has 0 aliphatic heterocycles. The van der Waals surface area contributed by atoms with Crippen LogP contribution >= 0.6 is 0 Å². The molecule has 410 valence electrons. The van der Waals surface area contributed by atoms with E-state index in [0.29, 0.717) is 19.3 Å². The van der Waals surface area contributed by atoms with Crippen LogP contribution in [-0.2, 0) is 28.6 Å². The van der Waals surface area contributed by atoms with E-state index in [1.807, 2.05) is 0 Å².